The average Bonchev–Trinajstić information content (AvgIpc) is 2.07. The number of hydrogen-bond donors (Lipinski definition) is 1. The number of nitro benzene ring substituents is 1. The molecule has 0 fully saturated rings. The highest BCUT2D eigenvalue weighted by atomic mass is 16.6. The van der Waals surface area contributed by atoms with Gasteiger partial charge in [-0.2, -0.15) is 0 Å². The molecule has 0 atom stereocenters. The van der Waals surface area contributed by atoms with E-state index >= 15 is 0 Å². The van der Waals surface area contributed by atoms with Crippen LogP contribution in [0.2, 0.25) is 0 Å². The predicted molar refractivity (Wildman–Crippen MR) is 52.3 cm³/mol. The number of anilines is 1. The number of Topliss-reactive ketones (excluding diaryl/α,β-unsaturated/α-hetero) is 1. The summed E-state index contributed by atoms with van der Waals surface area (Å²) in [6.45, 7) is 2.93. The summed E-state index contributed by atoms with van der Waals surface area (Å²) >= 11 is 0. The van der Waals surface area contributed by atoms with Gasteiger partial charge in [0.05, 0.1) is 4.92 Å². The Balaban J connectivity index is 3.58. The summed E-state index contributed by atoms with van der Waals surface area (Å²) in [6.07, 6.45) is 0. The number of nitrogens with two attached hydrogens (primary N) is 1. The molecule has 2 N–H and O–H groups in total. The molecule has 0 saturated heterocycles. The van der Waals surface area contributed by atoms with Gasteiger partial charge in [0, 0.05) is 0 Å². The van der Waals surface area contributed by atoms with Crippen molar-refractivity contribution >= 4 is 17.2 Å². The molecule has 0 amide bonds. The lowest BCUT2D eigenvalue weighted by Crippen LogP contribution is -2.06. The second-order valence-corrected chi connectivity index (χ2v) is 3.01. The first-order valence-electron chi connectivity index (χ1n) is 3.99. The largest absolute Gasteiger partial charge is 0.393 e. The van der Waals surface area contributed by atoms with Crippen LogP contribution in [0.5, 0.6) is 0 Å². The van der Waals surface area contributed by atoms with E-state index in [2.05, 4.69) is 0 Å². The number of carbonyl (C=O) groups excluding carboxylic acids is 1. The number of aryl methyl sites for hydroxylation is 1. The van der Waals surface area contributed by atoms with E-state index in [9.17, 15) is 14.9 Å². The number of nitrogen functional groups attached to an aromatic ring is 1. The Hall–Kier alpha value is -1.91. The molecule has 0 aliphatic carbocycles. The van der Waals surface area contributed by atoms with E-state index in [1.54, 1.807) is 13.0 Å². The van der Waals surface area contributed by atoms with Crippen molar-refractivity contribution in [1.82, 2.24) is 0 Å². The number of ketones is 1. The first kappa shape index (κ1) is 10.2. The minimum Gasteiger partial charge on any atom is -0.393 e. The van der Waals surface area contributed by atoms with Crippen LogP contribution in [0.15, 0.2) is 12.1 Å². The monoisotopic (exact) mass is 194 g/mol. The maximum atomic E-state index is 11.2. The van der Waals surface area contributed by atoms with Crippen molar-refractivity contribution in [2.75, 3.05) is 5.73 Å². The molecule has 0 aromatic heterocycles. The van der Waals surface area contributed by atoms with Gasteiger partial charge in [0.25, 0.3) is 0 Å². The fourth-order valence-corrected chi connectivity index (χ4v) is 1.35. The van der Waals surface area contributed by atoms with Crippen LogP contribution in [-0.2, 0) is 0 Å². The molecule has 0 bridgehead atoms. The Labute approximate surface area is 80.7 Å². The van der Waals surface area contributed by atoms with Crippen molar-refractivity contribution in [2.24, 2.45) is 0 Å². The standard InChI is InChI=1S/C9H10N2O3/c1-5-3-4-7(10)9(11(13)14)8(5)6(2)12/h3-4H,10H2,1-2H3. The molecular formula is C9H10N2O3. The van der Waals surface area contributed by atoms with Gasteiger partial charge in [0.1, 0.15) is 11.3 Å². The van der Waals surface area contributed by atoms with E-state index in [-0.39, 0.29) is 22.7 Å². The maximum absolute atomic E-state index is 11.2. The summed E-state index contributed by atoms with van der Waals surface area (Å²) in [6, 6.07) is 3.03. The molecule has 0 heterocycles. The molecule has 0 spiro atoms. The fraction of sp³-hybridized carbons (Fsp3) is 0.222. The molecular weight excluding hydrogens is 184 g/mol. The van der Waals surface area contributed by atoms with E-state index in [4.69, 9.17) is 5.73 Å². The van der Waals surface area contributed by atoms with Gasteiger partial charge in [-0.05, 0) is 25.5 Å². The molecule has 14 heavy (non-hydrogen) atoms. The van der Waals surface area contributed by atoms with Crippen molar-refractivity contribution in [2.45, 2.75) is 13.8 Å². The molecule has 1 aromatic carbocycles. The second kappa shape index (κ2) is 3.45. The summed E-state index contributed by atoms with van der Waals surface area (Å²) in [4.78, 5) is 21.2. The van der Waals surface area contributed by atoms with Gasteiger partial charge in [-0.15, -0.1) is 0 Å². The highest BCUT2D eigenvalue weighted by Crippen LogP contribution is 2.28. The summed E-state index contributed by atoms with van der Waals surface area (Å²) < 4.78 is 0. The minimum atomic E-state index is -0.626. The van der Waals surface area contributed by atoms with Crippen molar-refractivity contribution in [3.63, 3.8) is 0 Å². The average molecular weight is 194 g/mol. The van der Waals surface area contributed by atoms with Crippen LogP contribution in [0, 0.1) is 17.0 Å². The van der Waals surface area contributed by atoms with E-state index in [1.807, 2.05) is 0 Å². The van der Waals surface area contributed by atoms with Crippen molar-refractivity contribution in [3.05, 3.63) is 33.4 Å². The first-order chi connectivity index (χ1) is 6.45. The predicted octanol–water partition coefficient (Wildman–Crippen LogP) is 1.69. The third-order valence-electron chi connectivity index (χ3n) is 1.95. The van der Waals surface area contributed by atoms with Crippen LogP contribution in [0.3, 0.4) is 0 Å². The SMILES string of the molecule is CC(=O)c1c(C)ccc(N)c1[N+](=O)[O-]. The summed E-state index contributed by atoms with van der Waals surface area (Å²) in [5.74, 6) is -0.346. The van der Waals surface area contributed by atoms with Gasteiger partial charge in [-0.3, -0.25) is 14.9 Å². The molecule has 1 rings (SSSR count). The van der Waals surface area contributed by atoms with E-state index in [0.717, 1.165) is 0 Å². The summed E-state index contributed by atoms with van der Waals surface area (Å²) in [5, 5.41) is 10.7. The molecule has 0 saturated carbocycles. The first-order valence-corrected chi connectivity index (χ1v) is 3.99. The lowest BCUT2D eigenvalue weighted by atomic mass is 10.0. The highest BCUT2D eigenvalue weighted by Gasteiger charge is 2.22. The molecule has 5 heteroatoms. The smallest absolute Gasteiger partial charge is 0.303 e. The van der Waals surface area contributed by atoms with Crippen molar-refractivity contribution in [1.29, 1.82) is 0 Å². The van der Waals surface area contributed by atoms with Crippen molar-refractivity contribution < 1.29 is 9.72 Å². The molecule has 0 aliphatic heterocycles. The highest BCUT2D eigenvalue weighted by molar-refractivity contribution is 6.01. The Kier molecular flexibility index (Phi) is 2.51. The van der Waals surface area contributed by atoms with E-state index in [0.29, 0.717) is 5.56 Å². The zero-order chi connectivity index (χ0) is 10.9. The summed E-state index contributed by atoms with van der Waals surface area (Å²) in [5.41, 5.74) is 5.82. The van der Waals surface area contributed by atoms with Crippen LogP contribution < -0.4 is 5.73 Å². The lowest BCUT2D eigenvalue weighted by Gasteiger charge is -2.04. The van der Waals surface area contributed by atoms with Crippen LogP contribution in [-0.4, -0.2) is 10.7 Å². The lowest BCUT2D eigenvalue weighted by molar-refractivity contribution is -0.384. The number of benzene rings is 1. The van der Waals surface area contributed by atoms with Gasteiger partial charge in [-0.1, -0.05) is 6.07 Å². The Bertz CT molecular complexity index is 374. The van der Waals surface area contributed by atoms with Gasteiger partial charge in [-0.25, -0.2) is 0 Å². The Morgan fingerprint density at radius 1 is 1.50 bits per heavy atom. The van der Waals surface area contributed by atoms with Gasteiger partial charge in [0.2, 0.25) is 0 Å². The van der Waals surface area contributed by atoms with Gasteiger partial charge < -0.3 is 5.73 Å². The van der Waals surface area contributed by atoms with Crippen LogP contribution in [0.4, 0.5) is 11.4 Å². The topological polar surface area (TPSA) is 86.2 Å². The number of rotatable bonds is 2. The number of hydrogen-bond acceptors (Lipinski definition) is 4. The third-order valence-corrected chi connectivity index (χ3v) is 1.95. The molecule has 0 aliphatic rings. The zero-order valence-electron chi connectivity index (χ0n) is 7.90. The normalized spacial score (nSPS) is 9.86. The van der Waals surface area contributed by atoms with Crippen molar-refractivity contribution in [3.8, 4) is 0 Å². The molecule has 5 nitrogen and oxygen atoms in total. The zero-order valence-corrected chi connectivity index (χ0v) is 7.90. The second-order valence-electron chi connectivity index (χ2n) is 3.01. The molecule has 74 valence electrons. The Morgan fingerprint density at radius 3 is 2.43 bits per heavy atom. The minimum absolute atomic E-state index is 0.0193. The molecule has 1 aromatic rings. The third kappa shape index (κ3) is 1.56. The van der Waals surface area contributed by atoms with Crippen LogP contribution in [0.1, 0.15) is 22.8 Å². The van der Waals surface area contributed by atoms with Gasteiger partial charge >= 0.3 is 5.69 Å². The van der Waals surface area contributed by atoms with Gasteiger partial charge in [0.15, 0.2) is 5.78 Å². The van der Waals surface area contributed by atoms with Crippen LogP contribution in [0.25, 0.3) is 0 Å². The number of carbonyl (C=O) groups is 1. The number of nitrogens with zero attached hydrogens (tertiary/aromatic N) is 1. The molecule has 0 radical (unpaired) electrons. The molecule has 0 unspecified atom stereocenters. The summed E-state index contributed by atoms with van der Waals surface area (Å²) in [7, 11) is 0. The Morgan fingerprint density at radius 2 is 2.07 bits per heavy atom. The maximum Gasteiger partial charge on any atom is 0.303 e. The fourth-order valence-electron chi connectivity index (χ4n) is 1.35. The van der Waals surface area contributed by atoms with E-state index in [1.165, 1.54) is 13.0 Å². The van der Waals surface area contributed by atoms with Crippen LogP contribution >= 0.6 is 0 Å². The van der Waals surface area contributed by atoms with E-state index < -0.39 is 4.92 Å². The quantitative estimate of drug-likeness (QED) is 0.336. The number of nitro groups is 1.